The predicted octanol–water partition coefficient (Wildman–Crippen LogP) is 4.81. The Bertz CT molecular complexity index is 1070. The Morgan fingerprint density at radius 1 is 1.09 bits per heavy atom. The third-order valence-corrected chi connectivity index (χ3v) is 10.8. The molecule has 0 unspecified atom stereocenters. The van der Waals surface area contributed by atoms with Crippen molar-refractivity contribution in [3.05, 3.63) is 27.6 Å². The molecule has 0 spiro atoms. The van der Waals surface area contributed by atoms with Crippen LogP contribution < -0.4 is 10.2 Å². The van der Waals surface area contributed by atoms with E-state index in [0.29, 0.717) is 30.1 Å². The third kappa shape index (κ3) is 3.09. The van der Waals surface area contributed by atoms with Gasteiger partial charge in [-0.15, -0.1) is 0 Å². The Balaban J connectivity index is 1.55. The minimum Gasteiger partial charge on any atom is -0.462 e. The molecule has 0 bridgehead atoms. The molecular weight excluding hydrogens is 432 g/mol. The van der Waals surface area contributed by atoms with Crippen LogP contribution >= 0.6 is 0 Å². The molecule has 4 aliphatic rings. The molecule has 3 aliphatic carbocycles. The minimum atomic E-state index is -0.548. The number of carbonyl (C=O) groups excluding carboxylic acids is 1. The van der Waals surface area contributed by atoms with Gasteiger partial charge in [0.2, 0.25) is 0 Å². The van der Waals surface area contributed by atoms with Crippen LogP contribution in [0.2, 0.25) is 0 Å². The van der Waals surface area contributed by atoms with Gasteiger partial charge in [0, 0.05) is 36.2 Å². The number of aryl methyl sites for hydroxylation is 1. The highest BCUT2D eigenvalue weighted by molar-refractivity contribution is 5.66. The smallest absolute Gasteiger partial charge is 0.302 e. The Morgan fingerprint density at radius 2 is 1.76 bits per heavy atom. The van der Waals surface area contributed by atoms with Crippen molar-refractivity contribution in [1.29, 1.82) is 0 Å². The average molecular weight is 473 g/mol. The molecule has 6 nitrogen and oxygen atoms in total. The van der Waals surface area contributed by atoms with E-state index in [2.05, 4.69) is 34.6 Å². The van der Waals surface area contributed by atoms with Gasteiger partial charge in [-0.2, -0.15) is 0 Å². The van der Waals surface area contributed by atoms with Gasteiger partial charge in [-0.3, -0.25) is 9.59 Å². The number of aliphatic hydroxyl groups excluding tert-OH is 1. The summed E-state index contributed by atoms with van der Waals surface area (Å²) in [5, 5.41) is 11.6. The lowest BCUT2D eigenvalue weighted by atomic mass is 9.37. The van der Waals surface area contributed by atoms with Crippen molar-refractivity contribution in [1.82, 2.24) is 0 Å². The standard InChI is InChI=1S/C28H40O6/c1-15-12-18(30)17-13-21-26(5)10-8-19-25(3,4)23(33-16(2)29)14-22(31)28(19,7)20(26)9-11-27(21,6)34-24(17)32-15/h12,19-23,31H,8-11,13-14H2,1-7H3/t19-,20-,21-,22+,23-,26+,27-,28-/m0/s1. The first kappa shape index (κ1) is 23.9. The lowest BCUT2D eigenvalue weighted by Gasteiger charge is -2.69. The van der Waals surface area contributed by atoms with E-state index in [4.69, 9.17) is 13.9 Å². The second-order valence-electron chi connectivity index (χ2n) is 12.9. The molecule has 1 N–H and O–H groups in total. The molecule has 188 valence electrons. The summed E-state index contributed by atoms with van der Waals surface area (Å²) < 4.78 is 18.1. The van der Waals surface area contributed by atoms with Crippen LogP contribution in [-0.4, -0.2) is 28.9 Å². The van der Waals surface area contributed by atoms with Crippen LogP contribution in [0.5, 0.6) is 5.95 Å². The molecule has 34 heavy (non-hydrogen) atoms. The number of hydrogen-bond donors (Lipinski definition) is 1. The summed E-state index contributed by atoms with van der Waals surface area (Å²) in [6.45, 7) is 14.5. The van der Waals surface area contributed by atoms with Gasteiger partial charge < -0.3 is 19.0 Å². The topological polar surface area (TPSA) is 86.0 Å². The molecule has 5 rings (SSSR count). The number of fused-ring (bicyclic) bond motifs is 6. The number of esters is 1. The second-order valence-corrected chi connectivity index (χ2v) is 12.9. The van der Waals surface area contributed by atoms with E-state index >= 15 is 0 Å². The fraction of sp³-hybridized carbons (Fsp3) is 0.786. The van der Waals surface area contributed by atoms with Crippen LogP contribution in [0.4, 0.5) is 0 Å². The normalized spacial score (nSPS) is 44.5. The summed E-state index contributed by atoms with van der Waals surface area (Å²) in [5.41, 5.74) is -0.363. The van der Waals surface area contributed by atoms with Gasteiger partial charge in [0.15, 0.2) is 5.43 Å². The molecule has 2 heterocycles. The van der Waals surface area contributed by atoms with Gasteiger partial charge >= 0.3 is 5.97 Å². The lowest BCUT2D eigenvalue weighted by molar-refractivity contribution is -0.261. The van der Waals surface area contributed by atoms with Crippen molar-refractivity contribution in [2.45, 2.75) is 105 Å². The molecule has 0 aromatic carbocycles. The molecule has 1 aliphatic heterocycles. The number of aliphatic hydroxyl groups is 1. The zero-order valence-corrected chi connectivity index (χ0v) is 21.7. The summed E-state index contributed by atoms with van der Waals surface area (Å²) in [6, 6.07) is 1.56. The molecule has 3 saturated carbocycles. The van der Waals surface area contributed by atoms with Gasteiger partial charge in [0.05, 0.1) is 11.7 Å². The molecular formula is C28H40O6. The predicted molar refractivity (Wildman–Crippen MR) is 128 cm³/mol. The van der Waals surface area contributed by atoms with Crippen molar-refractivity contribution in [2.24, 2.45) is 34.0 Å². The maximum atomic E-state index is 12.9. The molecule has 0 saturated heterocycles. The first-order valence-electron chi connectivity index (χ1n) is 12.9. The van der Waals surface area contributed by atoms with E-state index in [0.717, 1.165) is 25.7 Å². The van der Waals surface area contributed by atoms with Crippen LogP contribution in [0, 0.1) is 40.9 Å². The number of hydrogen-bond acceptors (Lipinski definition) is 6. The highest BCUT2D eigenvalue weighted by atomic mass is 16.6. The average Bonchev–Trinajstić information content (AvgIpc) is 2.70. The van der Waals surface area contributed by atoms with Crippen molar-refractivity contribution < 1.29 is 23.8 Å². The summed E-state index contributed by atoms with van der Waals surface area (Å²) >= 11 is 0. The van der Waals surface area contributed by atoms with E-state index < -0.39 is 11.7 Å². The Labute approximate surface area is 202 Å². The van der Waals surface area contributed by atoms with Crippen LogP contribution in [0.25, 0.3) is 0 Å². The molecule has 8 atom stereocenters. The van der Waals surface area contributed by atoms with E-state index in [1.165, 1.54) is 6.92 Å². The van der Waals surface area contributed by atoms with Crippen LogP contribution in [0.3, 0.4) is 0 Å². The van der Waals surface area contributed by atoms with Crippen molar-refractivity contribution in [3.8, 4) is 5.95 Å². The number of carbonyl (C=O) groups is 1. The number of ether oxygens (including phenoxy) is 2. The summed E-state index contributed by atoms with van der Waals surface area (Å²) in [4.78, 5) is 24.7. The maximum absolute atomic E-state index is 12.9. The lowest BCUT2D eigenvalue weighted by Crippen LogP contribution is -2.69. The fourth-order valence-corrected chi connectivity index (χ4v) is 9.14. The zero-order chi connectivity index (χ0) is 24.8. The summed E-state index contributed by atoms with van der Waals surface area (Å²) in [7, 11) is 0. The van der Waals surface area contributed by atoms with Crippen LogP contribution in [0.15, 0.2) is 15.3 Å². The fourth-order valence-electron chi connectivity index (χ4n) is 9.14. The summed E-state index contributed by atoms with van der Waals surface area (Å²) in [6.07, 6.45) is 4.05. The highest BCUT2D eigenvalue weighted by Crippen LogP contribution is 2.70. The second kappa shape index (κ2) is 7.35. The molecule has 3 fully saturated rings. The van der Waals surface area contributed by atoms with E-state index in [1.54, 1.807) is 13.0 Å². The van der Waals surface area contributed by atoms with Crippen molar-refractivity contribution >= 4 is 5.97 Å². The van der Waals surface area contributed by atoms with Crippen molar-refractivity contribution in [3.63, 3.8) is 0 Å². The first-order chi connectivity index (χ1) is 15.7. The maximum Gasteiger partial charge on any atom is 0.302 e. The van der Waals surface area contributed by atoms with E-state index in [-0.39, 0.29) is 51.5 Å². The summed E-state index contributed by atoms with van der Waals surface area (Å²) in [5.74, 6) is 1.38. The molecule has 1 aromatic heterocycles. The van der Waals surface area contributed by atoms with Crippen LogP contribution in [0.1, 0.15) is 85.0 Å². The SMILES string of the molecule is CC(=O)O[C@H]1C[C@@H](O)[C@@]2(C)[C@@H](CC[C@]3(C)[C@@H]2CC[C@]2(C)Oc4oc(C)cc(=O)c4C[C@@H]32)C1(C)C. The first-order valence-corrected chi connectivity index (χ1v) is 12.9. The van der Waals surface area contributed by atoms with Gasteiger partial charge in [0.25, 0.3) is 5.95 Å². The van der Waals surface area contributed by atoms with Gasteiger partial charge in [-0.05, 0) is 63.2 Å². The largest absolute Gasteiger partial charge is 0.462 e. The monoisotopic (exact) mass is 472 g/mol. The Morgan fingerprint density at radius 3 is 2.44 bits per heavy atom. The molecule has 0 amide bonds. The number of rotatable bonds is 1. The van der Waals surface area contributed by atoms with Gasteiger partial charge in [-0.25, -0.2) is 0 Å². The highest BCUT2D eigenvalue weighted by Gasteiger charge is 2.69. The molecule has 6 heteroatoms. The zero-order valence-electron chi connectivity index (χ0n) is 21.7. The third-order valence-electron chi connectivity index (χ3n) is 10.8. The Kier molecular flexibility index (Phi) is 5.16. The molecule has 1 aromatic rings. The van der Waals surface area contributed by atoms with Gasteiger partial charge in [0.1, 0.15) is 17.5 Å². The van der Waals surface area contributed by atoms with E-state index in [9.17, 15) is 14.7 Å². The van der Waals surface area contributed by atoms with E-state index in [1.807, 2.05) is 0 Å². The van der Waals surface area contributed by atoms with Crippen molar-refractivity contribution in [2.75, 3.05) is 0 Å². The van der Waals surface area contributed by atoms with Crippen LogP contribution in [-0.2, 0) is 16.0 Å². The Hall–Kier alpha value is -1.82. The quantitative estimate of drug-likeness (QED) is 0.590. The minimum absolute atomic E-state index is 0.00511. The molecule has 0 radical (unpaired) electrons. The van der Waals surface area contributed by atoms with Gasteiger partial charge in [-0.1, -0.05) is 27.7 Å².